The van der Waals surface area contributed by atoms with Crippen LogP contribution in [0.25, 0.3) is 0 Å². The minimum atomic E-state index is -0.610. The van der Waals surface area contributed by atoms with Crippen LogP contribution in [0.15, 0.2) is 24.3 Å². The van der Waals surface area contributed by atoms with Crippen LogP contribution in [-0.4, -0.2) is 43.4 Å². The Morgan fingerprint density at radius 2 is 2.05 bits per heavy atom. The standard InChI is InChI=1S/C15H22O5/c1-15(2)19-10-14(20-15)13(8-16)18-9-11-4-6-12(17-3)7-5-11/h4-7,13-14,16H,8-10H2,1-3H3/t13-,14-/m0/s1. The summed E-state index contributed by atoms with van der Waals surface area (Å²) in [4.78, 5) is 0. The summed E-state index contributed by atoms with van der Waals surface area (Å²) in [7, 11) is 1.63. The predicted octanol–water partition coefficient (Wildman–Crippen LogP) is 1.72. The molecule has 1 aromatic rings. The molecule has 1 aliphatic heterocycles. The van der Waals surface area contributed by atoms with Crippen LogP contribution in [0.4, 0.5) is 0 Å². The first-order chi connectivity index (χ1) is 9.54. The van der Waals surface area contributed by atoms with Crippen molar-refractivity contribution in [1.82, 2.24) is 0 Å². The summed E-state index contributed by atoms with van der Waals surface area (Å²) >= 11 is 0. The van der Waals surface area contributed by atoms with Crippen molar-refractivity contribution in [3.8, 4) is 5.75 Å². The Kier molecular flexibility index (Phi) is 4.99. The molecule has 112 valence electrons. The molecule has 1 aromatic carbocycles. The van der Waals surface area contributed by atoms with E-state index in [2.05, 4.69) is 0 Å². The van der Waals surface area contributed by atoms with Gasteiger partial charge in [-0.2, -0.15) is 0 Å². The van der Waals surface area contributed by atoms with Crippen molar-refractivity contribution in [1.29, 1.82) is 0 Å². The van der Waals surface area contributed by atoms with Crippen LogP contribution in [-0.2, 0) is 20.8 Å². The average molecular weight is 282 g/mol. The van der Waals surface area contributed by atoms with Gasteiger partial charge in [-0.15, -0.1) is 0 Å². The van der Waals surface area contributed by atoms with Crippen LogP contribution in [0.5, 0.6) is 5.75 Å². The fourth-order valence-corrected chi connectivity index (χ4v) is 2.10. The van der Waals surface area contributed by atoms with Crippen LogP contribution in [0, 0.1) is 0 Å². The Morgan fingerprint density at radius 3 is 2.55 bits per heavy atom. The molecule has 2 rings (SSSR count). The minimum Gasteiger partial charge on any atom is -0.497 e. The number of aliphatic hydroxyl groups excluding tert-OH is 1. The van der Waals surface area contributed by atoms with Crippen LogP contribution >= 0.6 is 0 Å². The van der Waals surface area contributed by atoms with Gasteiger partial charge in [-0.1, -0.05) is 12.1 Å². The number of rotatable bonds is 6. The second kappa shape index (κ2) is 6.54. The van der Waals surface area contributed by atoms with Gasteiger partial charge in [0.2, 0.25) is 0 Å². The number of methoxy groups -OCH3 is 1. The zero-order valence-electron chi connectivity index (χ0n) is 12.2. The highest BCUT2D eigenvalue weighted by Crippen LogP contribution is 2.25. The van der Waals surface area contributed by atoms with E-state index in [-0.39, 0.29) is 18.8 Å². The highest BCUT2D eigenvalue weighted by molar-refractivity contribution is 5.26. The molecule has 1 heterocycles. The first kappa shape index (κ1) is 15.3. The number of hydrogen-bond acceptors (Lipinski definition) is 5. The molecule has 1 N–H and O–H groups in total. The Balaban J connectivity index is 1.87. The monoisotopic (exact) mass is 282 g/mol. The summed E-state index contributed by atoms with van der Waals surface area (Å²) in [5.41, 5.74) is 1.02. The summed E-state index contributed by atoms with van der Waals surface area (Å²) in [6, 6.07) is 7.63. The molecule has 1 aliphatic rings. The van der Waals surface area contributed by atoms with Gasteiger partial charge in [0.05, 0.1) is 26.9 Å². The number of hydrogen-bond donors (Lipinski definition) is 1. The maximum Gasteiger partial charge on any atom is 0.163 e. The minimum absolute atomic E-state index is 0.0970. The molecule has 0 unspecified atom stereocenters. The molecule has 5 heteroatoms. The quantitative estimate of drug-likeness (QED) is 0.861. The van der Waals surface area contributed by atoms with Gasteiger partial charge in [0.25, 0.3) is 0 Å². The third-order valence-corrected chi connectivity index (χ3v) is 3.25. The summed E-state index contributed by atoms with van der Waals surface area (Å²) in [5.74, 6) is 0.198. The van der Waals surface area contributed by atoms with Gasteiger partial charge in [-0.3, -0.25) is 0 Å². The molecule has 2 atom stereocenters. The average Bonchev–Trinajstić information content (AvgIpc) is 2.80. The van der Waals surface area contributed by atoms with Crippen molar-refractivity contribution >= 4 is 0 Å². The topological polar surface area (TPSA) is 57.2 Å². The number of ether oxygens (including phenoxy) is 4. The van der Waals surface area contributed by atoms with Crippen molar-refractivity contribution in [2.24, 2.45) is 0 Å². The Morgan fingerprint density at radius 1 is 1.35 bits per heavy atom. The van der Waals surface area contributed by atoms with Crippen molar-refractivity contribution in [3.05, 3.63) is 29.8 Å². The molecule has 0 bridgehead atoms. The lowest BCUT2D eigenvalue weighted by Gasteiger charge is -2.23. The Labute approximate surface area is 119 Å². The van der Waals surface area contributed by atoms with Crippen molar-refractivity contribution < 1.29 is 24.1 Å². The van der Waals surface area contributed by atoms with Crippen molar-refractivity contribution in [2.45, 2.75) is 38.4 Å². The molecule has 5 nitrogen and oxygen atoms in total. The van der Waals surface area contributed by atoms with E-state index in [0.717, 1.165) is 11.3 Å². The van der Waals surface area contributed by atoms with Crippen molar-refractivity contribution in [2.75, 3.05) is 20.3 Å². The van der Waals surface area contributed by atoms with Gasteiger partial charge in [0.1, 0.15) is 18.0 Å². The zero-order valence-corrected chi connectivity index (χ0v) is 12.2. The first-order valence-electron chi connectivity index (χ1n) is 6.71. The van der Waals surface area contributed by atoms with Gasteiger partial charge in [-0.25, -0.2) is 0 Å². The second-order valence-corrected chi connectivity index (χ2v) is 5.25. The van der Waals surface area contributed by atoms with Gasteiger partial charge < -0.3 is 24.1 Å². The summed E-state index contributed by atoms with van der Waals surface area (Å²) < 4.78 is 22.0. The van der Waals surface area contributed by atoms with Crippen LogP contribution in [0.3, 0.4) is 0 Å². The molecule has 0 saturated carbocycles. The van der Waals surface area contributed by atoms with Gasteiger partial charge in [-0.05, 0) is 31.5 Å². The van der Waals surface area contributed by atoms with E-state index in [1.165, 1.54) is 0 Å². The lowest BCUT2D eigenvalue weighted by atomic mass is 10.2. The fraction of sp³-hybridized carbons (Fsp3) is 0.600. The molecular weight excluding hydrogens is 260 g/mol. The first-order valence-corrected chi connectivity index (χ1v) is 6.71. The SMILES string of the molecule is COc1ccc(CO[C@@H](CO)[C@@H]2COC(C)(C)O2)cc1. The third-order valence-electron chi connectivity index (χ3n) is 3.25. The number of aliphatic hydroxyl groups is 1. The molecule has 0 aromatic heterocycles. The van der Waals surface area contributed by atoms with Crippen LogP contribution in [0.1, 0.15) is 19.4 Å². The van der Waals surface area contributed by atoms with E-state index in [1.807, 2.05) is 38.1 Å². The third kappa shape index (κ3) is 3.93. The Bertz CT molecular complexity index is 415. The van der Waals surface area contributed by atoms with Gasteiger partial charge in [0, 0.05) is 0 Å². The normalized spacial score (nSPS) is 22.7. The van der Waals surface area contributed by atoms with Crippen LogP contribution in [0.2, 0.25) is 0 Å². The largest absolute Gasteiger partial charge is 0.497 e. The van der Waals surface area contributed by atoms with E-state index >= 15 is 0 Å². The lowest BCUT2D eigenvalue weighted by Crippen LogP contribution is -2.35. The van der Waals surface area contributed by atoms with E-state index in [9.17, 15) is 5.11 Å². The summed E-state index contributed by atoms with van der Waals surface area (Å²) in [6.45, 7) is 4.45. The van der Waals surface area contributed by atoms with E-state index < -0.39 is 5.79 Å². The van der Waals surface area contributed by atoms with Crippen LogP contribution < -0.4 is 4.74 Å². The van der Waals surface area contributed by atoms with E-state index in [4.69, 9.17) is 18.9 Å². The lowest BCUT2D eigenvalue weighted by molar-refractivity contribution is -0.162. The van der Waals surface area contributed by atoms with E-state index in [1.54, 1.807) is 7.11 Å². The highest BCUT2D eigenvalue weighted by atomic mass is 16.7. The molecule has 0 spiro atoms. The smallest absolute Gasteiger partial charge is 0.163 e. The molecule has 20 heavy (non-hydrogen) atoms. The predicted molar refractivity (Wildman–Crippen MR) is 73.6 cm³/mol. The summed E-state index contributed by atoms with van der Waals surface area (Å²) in [6.07, 6.45) is -0.632. The highest BCUT2D eigenvalue weighted by Gasteiger charge is 2.37. The van der Waals surface area contributed by atoms with Crippen molar-refractivity contribution in [3.63, 3.8) is 0 Å². The molecule has 1 saturated heterocycles. The zero-order chi connectivity index (χ0) is 14.6. The molecule has 1 fully saturated rings. The second-order valence-electron chi connectivity index (χ2n) is 5.25. The Hall–Kier alpha value is -1.14. The maximum atomic E-state index is 9.44. The van der Waals surface area contributed by atoms with Gasteiger partial charge in [0.15, 0.2) is 5.79 Å². The molecule has 0 aliphatic carbocycles. The molecule has 0 amide bonds. The molecule has 0 radical (unpaired) electrons. The van der Waals surface area contributed by atoms with Gasteiger partial charge >= 0.3 is 0 Å². The van der Waals surface area contributed by atoms with E-state index in [0.29, 0.717) is 13.2 Å². The maximum absolute atomic E-state index is 9.44. The number of benzene rings is 1. The summed E-state index contributed by atoms with van der Waals surface area (Å²) in [5, 5.41) is 9.44. The fourth-order valence-electron chi connectivity index (χ4n) is 2.10. The molecular formula is C15H22O5.